The van der Waals surface area contributed by atoms with Gasteiger partial charge in [0, 0.05) is 6.07 Å². The number of hydrogen-bond acceptors (Lipinski definition) is 8. The summed E-state index contributed by atoms with van der Waals surface area (Å²) in [6.07, 6.45) is 0. The van der Waals surface area contributed by atoms with Crippen LogP contribution in [0.3, 0.4) is 0 Å². The number of thioether (sulfide) groups is 1. The molecule has 1 amide bonds. The number of aromatic nitrogens is 4. The number of tetrazole rings is 1. The van der Waals surface area contributed by atoms with Crippen molar-refractivity contribution in [2.75, 3.05) is 12.5 Å². The molecule has 1 aromatic heterocycles. The van der Waals surface area contributed by atoms with E-state index in [1.165, 1.54) is 16.4 Å². The predicted octanol–water partition coefficient (Wildman–Crippen LogP) is -0.527. The van der Waals surface area contributed by atoms with Gasteiger partial charge in [0.1, 0.15) is 0 Å². The third-order valence-corrected chi connectivity index (χ3v) is 3.45. The molecule has 0 saturated carbocycles. The van der Waals surface area contributed by atoms with Gasteiger partial charge < -0.3 is 9.47 Å². The van der Waals surface area contributed by atoms with Crippen molar-refractivity contribution in [3.63, 3.8) is 0 Å². The fourth-order valence-electron chi connectivity index (χ4n) is 1.62. The number of fused-ring (bicyclic) bond motifs is 1. The minimum Gasteiger partial charge on any atom is -0.454 e. The number of hydrazine groups is 1. The Kier molecular flexibility index (Phi) is 3.39. The van der Waals surface area contributed by atoms with Gasteiger partial charge in [0.25, 0.3) is 0 Å². The maximum absolute atomic E-state index is 11.1. The standard InChI is InChI=1S/C10H10N6O3S/c11-12-9(17)4-20-10-13-14-15-16(10)6-1-2-7-8(3-6)19-5-18-7/h1-3H,4-5,11H2,(H,12,17). The number of benzene rings is 1. The van der Waals surface area contributed by atoms with Gasteiger partial charge in [0.15, 0.2) is 11.5 Å². The van der Waals surface area contributed by atoms with Gasteiger partial charge in [-0.3, -0.25) is 10.2 Å². The molecule has 9 nitrogen and oxygen atoms in total. The lowest BCUT2D eigenvalue weighted by Gasteiger charge is -2.04. The van der Waals surface area contributed by atoms with E-state index in [4.69, 9.17) is 15.3 Å². The number of carbonyl (C=O) groups is 1. The predicted molar refractivity (Wildman–Crippen MR) is 68.3 cm³/mol. The lowest BCUT2D eigenvalue weighted by molar-refractivity contribution is -0.118. The molecule has 0 spiro atoms. The van der Waals surface area contributed by atoms with Gasteiger partial charge >= 0.3 is 0 Å². The first-order chi connectivity index (χ1) is 9.78. The van der Waals surface area contributed by atoms with Crippen molar-refractivity contribution in [1.82, 2.24) is 25.6 Å². The zero-order valence-corrected chi connectivity index (χ0v) is 11.0. The van der Waals surface area contributed by atoms with Crippen molar-refractivity contribution in [2.45, 2.75) is 5.16 Å². The Morgan fingerprint density at radius 3 is 3.15 bits per heavy atom. The first-order valence-corrected chi connectivity index (χ1v) is 6.57. The van der Waals surface area contributed by atoms with Crippen LogP contribution in [0.2, 0.25) is 0 Å². The Labute approximate surface area is 117 Å². The Hall–Kier alpha value is -2.33. The van der Waals surface area contributed by atoms with Crippen LogP contribution in [0.25, 0.3) is 5.69 Å². The van der Waals surface area contributed by atoms with Crippen LogP contribution in [0.5, 0.6) is 11.5 Å². The van der Waals surface area contributed by atoms with Crippen molar-refractivity contribution in [3.05, 3.63) is 18.2 Å². The van der Waals surface area contributed by atoms with Gasteiger partial charge in [-0.1, -0.05) is 11.8 Å². The van der Waals surface area contributed by atoms with E-state index in [0.29, 0.717) is 16.7 Å². The topological polar surface area (TPSA) is 117 Å². The minimum absolute atomic E-state index is 0.126. The number of nitrogens with two attached hydrogens (primary N) is 1. The molecule has 2 aromatic rings. The monoisotopic (exact) mass is 294 g/mol. The number of nitrogens with one attached hydrogen (secondary N) is 1. The summed E-state index contributed by atoms with van der Waals surface area (Å²) < 4.78 is 12.1. The van der Waals surface area contributed by atoms with E-state index in [0.717, 1.165) is 5.69 Å². The smallest absolute Gasteiger partial charge is 0.244 e. The molecule has 0 saturated heterocycles. The molecule has 1 aromatic carbocycles. The fourth-order valence-corrected chi connectivity index (χ4v) is 2.32. The van der Waals surface area contributed by atoms with E-state index in [-0.39, 0.29) is 18.5 Å². The summed E-state index contributed by atoms with van der Waals surface area (Å²) in [5, 5.41) is 11.8. The van der Waals surface area contributed by atoms with Crippen LogP contribution >= 0.6 is 11.8 Å². The molecule has 0 atom stereocenters. The molecule has 104 valence electrons. The van der Waals surface area contributed by atoms with Gasteiger partial charge in [-0.15, -0.1) is 5.10 Å². The van der Waals surface area contributed by atoms with Crippen molar-refractivity contribution in [3.8, 4) is 17.2 Å². The molecule has 3 rings (SSSR count). The van der Waals surface area contributed by atoms with Crippen molar-refractivity contribution in [2.24, 2.45) is 5.84 Å². The average Bonchev–Trinajstić information content (AvgIpc) is 3.12. The molecule has 10 heteroatoms. The lowest BCUT2D eigenvalue weighted by atomic mass is 10.3. The number of nitrogens with zero attached hydrogens (tertiary/aromatic N) is 4. The molecule has 0 unspecified atom stereocenters. The second-order valence-electron chi connectivity index (χ2n) is 3.77. The van der Waals surface area contributed by atoms with Crippen LogP contribution in [0.15, 0.2) is 23.4 Å². The van der Waals surface area contributed by atoms with Gasteiger partial charge in [-0.25, -0.2) is 5.84 Å². The van der Waals surface area contributed by atoms with E-state index in [1.54, 1.807) is 18.2 Å². The Balaban J connectivity index is 1.84. The van der Waals surface area contributed by atoms with Crippen molar-refractivity contribution >= 4 is 17.7 Å². The van der Waals surface area contributed by atoms with E-state index >= 15 is 0 Å². The molecule has 1 aliphatic rings. The SMILES string of the molecule is NNC(=O)CSc1nnnn1-c1ccc2c(c1)OCO2. The fraction of sp³-hybridized carbons (Fsp3) is 0.200. The summed E-state index contributed by atoms with van der Waals surface area (Å²) >= 11 is 1.18. The van der Waals surface area contributed by atoms with Crippen molar-refractivity contribution in [1.29, 1.82) is 0 Å². The van der Waals surface area contributed by atoms with E-state index in [2.05, 4.69) is 15.5 Å². The number of ether oxygens (including phenoxy) is 2. The molecule has 20 heavy (non-hydrogen) atoms. The maximum Gasteiger partial charge on any atom is 0.244 e. The van der Waals surface area contributed by atoms with Gasteiger partial charge in [-0.05, 0) is 22.6 Å². The highest BCUT2D eigenvalue weighted by Crippen LogP contribution is 2.34. The third kappa shape index (κ3) is 2.38. The molecule has 0 bridgehead atoms. The van der Waals surface area contributed by atoms with Crippen LogP contribution in [0.1, 0.15) is 0 Å². The normalized spacial score (nSPS) is 12.4. The summed E-state index contributed by atoms with van der Waals surface area (Å²) in [6, 6.07) is 5.35. The summed E-state index contributed by atoms with van der Waals surface area (Å²) in [5.74, 6) is 6.15. The molecular formula is C10H10N6O3S. The van der Waals surface area contributed by atoms with Crippen LogP contribution in [0.4, 0.5) is 0 Å². The lowest BCUT2D eigenvalue weighted by Crippen LogP contribution is -2.31. The number of rotatable bonds is 4. The highest BCUT2D eigenvalue weighted by Gasteiger charge is 2.16. The third-order valence-electron chi connectivity index (χ3n) is 2.53. The zero-order chi connectivity index (χ0) is 13.9. The van der Waals surface area contributed by atoms with Gasteiger partial charge in [0.05, 0.1) is 11.4 Å². The van der Waals surface area contributed by atoms with Crippen molar-refractivity contribution < 1.29 is 14.3 Å². The largest absolute Gasteiger partial charge is 0.454 e. The summed E-state index contributed by atoms with van der Waals surface area (Å²) in [7, 11) is 0. The molecule has 0 radical (unpaired) electrons. The molecule has 0 aliphatic carbocycles. The van der Waals surface area contributed by atoms with E-state index in [9.17, 15) is 4.79 Å². The van der Waals surface area contributed by atoms with E-state index in [1.807, 2.05) is 5.43 Å². The summed E-state index contributed by atoms with van der Waals surface area (Å²) in [5.41, 5.74) is 2.76. The molecule has 1 aliphatic heterocycles. The molecular weight excluding hydrogens is 284 g/mol. The van der Waals surface area contributed by atoms with Crippen LogP contribution in [0, 0.1) is 0 Å². The molecule has 3 N–H and O–H groups in total. The highest BCUT2D eigenvalue weighted by molar-refractivity contribution is 7.99. The first kappa shape index (κ1) is 12.7. The second-order valence-corrected chi connectivity index (χ2v) is 4.71. The van der Waals surface area contributed by atoms with Crippen LogP contribution in [-0.4, -0.2) is 38.7 Å². The maximum atomic E-state index is 11.1. The second kappa shape index (κ2) is 5.35. The number of hydrogen-bond donors (Lipinski definition) is 2. The average molecular weight is 294 g/mol. The quantitative estimate of drug-likeness (QED) is 0.334. The zero-order valence-electron chi connectivity index (χ0n) is 10.1. The number of carbonyl (C=O) groups excluding carboxylic acids is 1. The first-order valence-electron chi connectivity index (χ1n) is 5.58. The molecule has 0 fully saturated rings. The molecule has 2 heterocycles. The van der Waals surface area contributed by atoms with E-state index < -0.39 is 0 Å². The van der Waals surface area contributed by atoms with Crippen LogP contribution < -0.4 is 20.7 Å². The summed E-state index contributed by atoms with van der Waals surface area (Å²) in [6.45, 7) is 0.201. The summed E-state index contributed by atoms with van der Waals surface area (Å²) in [4.78, 5) is 11.1. The van der Waals surface area contributed by atoms with Gasteiger partial charge in [0.2, 0.25) is 17.9 Å². The van der Waals surface area contributed by atoms with Gasteiger partial charge in [-0.2, -0.15) is 4.68 Å². The Bertz CT molecular complexity index is 646. The minimum atomic E-state index is -0.310. The van der Waals surface area contributed by atoms with Crippen LogP contribution in [-0.2, 0) is 4.79 Å². The number of amides is 1. The Morgan fingerprint density at radius 2 is 2.30 bits per heavy atom. The highest BCUT2D eigenvalue weighted by atomic mass is 32.2. The Morgan fingerprint density at radius 1 is 1.45 bits per heavy atom.